The third kappa shape index (κ3) is 2.41. The van der Waals surface area contributed by atoms with Gasteiger partial charge in [0.15, 0.2) is 0 Å². The van der Waals surface area contributed by atoms with Gasteiger partial charge in [0.25, 0.3) is 5.56 Å². The number of hydrogen-bond acceptors (Lipinski definition) is 4. The van der Waals surface area contributed by atoms with Gasteiger partial charge in [-0.1, -0.05) is 0 Å². The SMILES string of the molecule is Cc1nc(-c2ccc(O)cc2)[nH]c(=O)c1CCO. The van der Waals surface area contributed by atoms with E-state index in [4.69, 9.17) is 5.11 Å². The quantitative estimate of drug-likeness (QED) is 0.753. The van der Waals surface area contributed by atoms with Crippen molar-refractivity contribution in [2.45, 2.75) is 13.3 Å². The van der Waals surface area contributed by atoms with Crippen LogP contribution in [-0.2, 0) is 6.42 Å². The second-order valence-electron chi connectivity index (χ2n) is 4.00. The van der Waals surface area contributed by atoms with Crippen molar-refractivity contribution in [3.05, 3.63) is 45.9 Å². The van der Waals surface area contributed by atoms with E-state index in [0.717, 1.165) is 5.56 Å². The van der Waals surface area contributed by atoms with Gasteiger partial charge in [-0.05, 0) is 31.2 Å². The number of rotatable bonds is 3. The van der Waals surface area contributed by atoms with Gasteiger partial charge in [0.1, 0.15) is 11.6 Å². The number of aromatic nitrogens is 2. The topological polar surface area (TPSA) is 86.2 Å². The van der Waals surface area contributed by atoms with Crippen LogP contribution in [0.2, 0.25) is 0 Å². The Balaban J connectivity index is 2.48. The number of nitrogens with one attached hydrogen (secondary N) is 1. The second kappa shape index (κ2) is 5.01. The van der Waals surface area contributed by atoms with E-state index in [1.165, 1.54) is 12.1 Å². The van der Waals surface area contributed by atoms with Crippen molar-refractivity contribution in [2.24, 2.45) is 0 Å². The van der Waals surface area contributed by atoms with Gasteiger partial charge in [-0.3, -0.25) is 4.79 Å². The first-order chi connectivity index (χ1) is 8.61. The maximum absolute atomic E-state index is 11.8. The molecule has 5 nitrogen and oxygen atoms in total. The minimum atomic E-state index is -0.236. The Morgan fingerprint density at radius 3 is 2.50 bits per heavy atom. The van der Waals surface area contributed by atoms with Crippen LogP contribution in [-0.4, -0.2) is 26.8 Å². The van der Waals surface area contributed by atoms with Crippen LogP contribution < -0.4 is 5.56 Å². The molecule has 1 heterocycles. The molecular weight excluding hydrogens is 232 g/mol. The van der Waals surface area contributed by atoms with Crippen molar-refractivity contribution < 1.29 is 10.2 Å². The van der Waals surface area contributed by atoms with Crippen molar-refractivity contribution in [1.29, 1.82) is 0 Å². The van der Waals surface area contributed by atoms with Crippen molar-refractivity contribution in [3.63, 3.8) is 0 Å². The molecule has 0 amide bonds. The highest BCUT2D eigenvalue weighted by molar-refractivity contribution is 5.56. The molecule has 0 unspecified atom stereocenters. The van der Waals surface area contributed by atoms with Crippen molar-refractivity contribution in [1.82, 2.24) is 9.97 Å². The molecule has 0 saturated heterocycles. The Hall–Kier alpha value is -2.14. The maximum atomic E-state index is 11.8. The molecule has 0 aliphatic rings. The van der Waals surface area contributed by atoms with Gasteiger partial charge < -0.3 is 15.2 Å². The average Bonchev–Trinajstić information content (AvgIpc) is 2.34. The molecular formula is C13H14N2O3. The molecule has 1 aromatic heterocycles. The Bertz CT molecular complexity index is 603. The molecule has 3 N–H and O–H groups in total. The standard InChI is InChI=1S/C13H14N2O3/c1-8-11(6-7-16)13(18)15-12(14-8)9-2-4-10(17)5-3-9/h2-5,16-17H,6-7H2,1H3,(H,14,15,18). The van der Waals surface area contributed by atoms with E-state index in [-0.39, 0.29) is 17.9 Å². The third-order valence-electron chi connectivity index (χ3n) is 2.72. The molecule has 94 valence electrons. The van der Waals surface area contributed by atoms with Gasteiger partial charge >= 0.3 is 0 Å². The zero-order valence-corrected chi connectivity index (χ0v) is 9.97. The maximum Gasteiger partial charge on any atom is 0.254 e. The normalized spacial score (nSPS) is 10.6. The molecule has 0 spiro atoms. The van der Waals surface area contributed by atoms with E-state index in [1.54, 1.807) is 19.1 Å². The van der Waals surface area contributed by atoms with E-state index in [2.05, 4.69) is 9.97 Å². The first-order valence-corrected chi connectivity index (χ1v) is 5.62. The number of benzene rings is 1. The van der Waals surface area contributed by atoms with Crippen molar-refractivity contribution in [3.8, 4) is 17.1 Å². The highest BCUT2D eigenvalue weighted by Crippen LogP contribution is 2.18. The zero-order chi connectivity index (χ0) is 13.1. The van der Waals surface area contributed by atoms with E-state index in [0.29, 0.717) is 23.5 Å². The predicted molar refractivity (Wildman–Crippen MR) is 67.5 cm³/mol. The van der Waals surface area contributed by atoms with Gasteiger partial charge in [-0.15, -0.1) is 0 Å². The first-order valence-electron chi connectivity index (χ1n) is 5.62. The molecule has 0 fully saturated rings. The van der Waals surface area contributed by atoms with Gasteiger partial charge in [0.2, 0.25) is 0 Å². The monoisotopic (exact) mass is 246 g/mol. The second-order valence-corrected chi connectivity index (χ2v) is 4.00. The Morgan fingerprint density at radius 2 is 1.94 bits per heavy atom. The van der Waals surface area contributed by atoms with E-state index in [9.17, 15) is 9.90 Å². The van der Waals surface area contributed by atoms with Crippen LogP contribution in [0.15, 0.2) is 29.1 Å². The van der Waals surface area contributed by atoms with Crippen molar-refractivity contribution >= 4 is 0 Å². The highest BCUT2D eigenvalue weighted by Gasteiger charge is 2.08. The summed E-state index contributed by atoms with van der Waals surface area (Å²) < 4.78 is 0. The molecule has 18 heavy (non-hydrogen) atoms. The lowest BCUT2D eigenvalue weighted by molar-refractivity contribution is 0.298. The third-order valence-corrected chi connectivity index (χ3v) is 2.72. The number of nitrogens with zero attached hydrogens (tertiary/aromatic N) is 1. The fourth-order valence-corrected chi connectivity index (χ4v) is 1.77. The number of phenolic OH excluding ortho intramolecular Hbond substituents is 1. The Morgan fingerprint density at radius 1 is 1.28 bits per heavy atom. The smallest absolute Gasteiger partial charge is 0.254 e. The van der Waals surface area contributed by atoms with E-state index >= 15 is 0 Å². The van der Waals surface area contributed by atoms with Crippen molar-refractivity contribution in [2.75, 3.05) is 6.61 Å². The molecule has 0 aliphatic heterocycles. The lowest BCUT2D eigenvalue weighted by Crippen LogP contribution is -2.18. The van der Waals surface area contributed by atoms with Crippen LogP contribution in [0.25, 0.3) is 11.4 Å². The van der Waals surface area contributed by atoms with Crippen LogP contribution >= 0.6 is 0 Å². The molecule has 0 atom stereocenters. The van der Waals surface area contributed by atoms with Crippen LogP contribution in [0.5, 0.6) is 5.75 Å². The Labute approximate surface area is 104 Å². The first kappa shape index (κ1) is 12.3. The molecule has 5 heteroatoms. The number of aryl methyl sites for hydroxylation is 1. The fraction of sp³-hybridized carbons (Fsp3) is 0.231. The Kier molecular flexibility index (Phi) is 3.43. The van der Waals surface area contributed by atoms with Crippen LogP contribution in [0.1, 0.15) is 11.3 Å². The summed E-state index contributed by atoms with van der Waals surface area (Å²) in [4.78, 5) is 18.8. The molecule has 2 rings (SSSR count). The van der Waals surface area contributed by atoms with Gasteiger partial charge in [0.05, 0.1) is 0 Å². The highest BCUT2D eigenvalue weighted by atomic mass is 16.3. The summed E-state index contributed by atoms with van der Waals surface area (Å²) in [6.07, 6.45) is 0.296. The molecule has 0 saturated carbocycles. The number of aliphatic hydroxyl groups is 1. The molecule has 1 aromatic carbocycles. The largest absolute Gasteiger partial charge is 0.508 e. The van der Waals surface area contributed by atoms with Crippen LogP contribution in [0.3, 0.4) is 0 Å². The molecule has 0 aliphatic carbocycles. The number of aromatic amines is 1. The minimum absolute atomic E-state index is 0.0792. The van der Waals surface area contributed by atoms with E-state index in [1.807, 2.05) is 0 Å². The lowest BCUT2D eigenvalue weighted by atomic mass is 10.1. The lowest BCUT2D eigenvalue weighted by Gasteiger charge is -2.06. The summed E-state index contributed by atoms with van der Waals surface area (Å²) in [5.41, 5.74) is 1.60. The number of aromatic hydroxyl groups is 1. The summed E-state index contributed by atoms with van der Waals surface area (Å²) >= 11 is 0. The van der Waals surface area contributed by atoms with E-state index < -0.39 is 0 Å². The van der Waals surface area contributed by atoms with Gasteiger partial charge in [-0.2, -0.15) is 0 Å². The summed E-state index contributed by atoms with van der Waals surface area (Å²) in [7, 11) is 0. The van der Waals surface area contributed by atoms with Gasteiger partial charge in [-0.25, -0.2) is 4.98 Å². The number of H-pyrrole nitrogens is 1. The average molecular weight is 246 g/mol. The summed E-state index contributed by atoms with van der Waals surface area (Å²) in [5.74, 6) is 0.619. The predicted octanol–water partition coefficient (Wildman–Crippen LogP) is 0.986. The fourth-order valence-electron chi connectivity index (χ4n) is 1.77. The molecule has 2 aromatic rings. The molecule has 0 bridgehead atoms. The molecule has 0 radical (unpaired) electrons. The van der Waals surface area contributed by atoms with Crippen LogP contribution in [0, 0.1) is 6.92 Å². The zero-order valence-electron chi connectivity index (χ0n) is 9.97. The number of phenols is 1. The number of hydrogen-bond donors (Lipinski definition) is 3. The van der Waals surface area contributed by atoms with Gasteiger partial charge in [0, 0.05) is 29.8 Å². The van der Waals surface area contributed by atoms with Crippen LogP contribution in [0.4, 0.5) is 0 Å². The summed E-state index contributed by atoms with van der Waals surface area (Å²) in [5, 5.41) is 18.1. The number of aliphatic hydroxyl groups excluding tert-OH is 1. The summed E-state index contributed by atoms with van der Waals surface area (Å²) in [6.45, 7) is 1.66. The minimum Gasteiger partial charge on any atom is -0.508 e. The summed E-state index contributed by atoms with van der Waals surface area (Å²) in [6, 6.07) is 6.43.